The van der Waals surface area contributed by atoms with Gasteiger partial charge in [-0.05, 0) is 62.4 Å². The van der Waals surface area contributed by atoms with Crippen LogP contribution in [-0.4, -0.2) is 48.5 Å². The summed E-state index contributed by atoms with van der Waals surface area (Å²) in [5, 5.41) is 20.0. The molecule has 2 aliphatic rings. The van der Waals surface area contributed by atoms with Gasteiger partial charge in [-0.2, -0.15) is 0 Å². The number of phenols is 1. The van der Waals surface area contributed by atoms with Crippen molar-refractivity contribution in [1.29, 1.82) is 0 Å². The fourth-order valence-electron chi connectivity index (χ4n) is 5.18. The number of amides is 1. The van der Waals surface area contributed by atoms with Crippen LogP contribution in [0.3, 0.4) is 0 Å². The van der Waals surface area contributed by atoms with Gasteiger partial charge in [-0.3, -0.25) is 9.59 Å². The molecular formula is C27H35FN4O3. The summed E-state index contributed by atoms with van der Waals surface area (Å²) >= 11 is 0. The number of carbonyl (C=O) groups is 2. The predicted molar refractivity (Wildman–Crippen MR) is 133 cm³/mol. The zero-order valence-corrected chi connectivity index (χ0v) is 20.4. The third kappa shape index (κ3) is 5.39. The van der Waals surface area contributed by atoms with E-state index in [4.69, 9.17) is 5.73 Å². The Balaban J connectivity index is 1.54. The zero-order valence-electron chi connectivity index (χ0n) is 20.4. The van der Waals surface area contributed by atoms with Gasteiger partial charge in [0.05, 0.1) is 0 Å². The molecule has 7 nitrogen and oxygen atoms in total. The second-order valence-corrected chi connectivity index (χ2v) is 10.3. The minimum Gasteiger partial charge on any atom is -0.507 e. The fourth-order valence-corrected chi connectivity index (χ4v) is 5.18. The highest BCUT2D eigenvalue weighted by Gasteiger charge is 2.36. The van der Waals surface area contributed by atoms with Gasteiger partial charge in [-0.1, -0.05) is 32.0 Å². The first kappa shape index (κ1) is 25.3. The highest BCUT2D eigenvalue weighted by Crippen LogP contribution is 2.42. The molecule has 2 aromatic rings. The molecule has 0 saturated carbocycles. The quantitative estimate of drug-likeness (QED) is 0.419. The van der Waals surface area contributed by atoms with Crippen LogP contribution in [0.2, 0.25) is 0 Å². The molecule has 6 N–H and O–H groups in total. The molecule has 0 spiro atoms. The number of nitrogens with two attached hydrogens (primary N) is 1. The molecule has 2 aromatic carbocycles. The summed E-state index contributed by atoms with van der Waals surface area (Å²) in [7, 11) is 0. The third-order valence-electron chi connectivity index (χ3n) is 7.31. The zero-order chi connectivity index (χ0) is 25.2. The number of piperidine rings is 1. The van der Waals surface area contributed by atoms with Crippen LogP contribution in [0.15, 0.2) is 36.4 Å². The van der Waals surface area contributed by atoms with Gasteiger partial charge < -0.3 is 26.8 Å². The topological polar surface area (TPSA) is 116 Å². The van der Waals surface area contributed by atoms with E-state index in [0.29, 0.717) is 17.7 Å². The summed E-state index contributed by atoms with van der Waals surface area (Å²) in [6.45, 7) is 6.42. The molecule has 8 heteroatoms. The fraction of sp³-hybridized carbons (Fsp3) is 0.481. The van der Waals surface area contributed by atoms with Gasteiger partial charge >= 0.3 is 0 Å². The van der Waals surface area contributed by atoms with Crippen LogP contribution < -0.4 is 21.7 Å². The van der Waals surface area contributed by atoms with E-state index >= 15 is 4.39 Å². The Hall–Kier alpha value is -2.81. The lowest BCUT2D eigenvalue weighted by Gasteiger charge is -2.40. The molecule has 0 aromatic heterocycles. The Kier molecular flexibility index (Phi) is 7.54. The highest BCUT2D eigenvalue weighted by molar-refractivity contribution is 6.11. The lowest BCUT2D eigenvalue weighted by Crippen LogP contribution is -2.50. The van der Waals surface area contributed by atoms with E-state index in [2.05, 4.69) is 29.8 Å². The molecule has 0 bridgehead atoms. The van der Waals surface area contributed by atoms with E-state index in [9.17, 15) is 14.7 Å². The van der Waals surface area contributed by atoms with Crippen LogP contribution in [-0.2, 0) is 0 Å². The van der Waals surface area contributed by atoms with E-state index in [1.807, 2.05) is 0 Å². The largest absolute Gasteiger partial charge is 0.507 e. The molecule has 3 atom stereocenters. The van der Waals surface area contributed by atoms with Crippen molar-refractivity contribution in [3.63, 3.8) is 0 Å². The Morgan fingerprint density at radius 3 is 2.51 bits per heavy atom. The Morgan fingerprint density at radius 2 is 1.80 bits per heavy atom. The normalized spacial score (nSPS) is 24.4. The van der Waals surface area contributed by atoms with E-state index in [-0.39, 0.29) is 40.6 Å². The maximum absolute atomic E-state index is 15.6. The molecule has 1 unspecified atom stereocenters. The second kappa shape index (κ2) is 10.4. The SMILES string of the molecule is CC1(C)CCCNC1c1ccc(O)c(C(=O)c2ccc(C(=O)N[C@@H]3CCCNC[C@H]3N)cc2)c1F. The number of phenolic OH excluding ortho intramolecular Hbond substituents is 1. The van der Waals surface area contributed by atoms with E-state index in [1.54, 1.807) is 6.07 Å². The third-order valence-corrected chi connectivity index (χ3v) is 7.31. The lowest BCUT2D eigenvalue weighted by molar-refractivity contribution is 0.0928. The van der Waals surface area contributed by atoms with Crippen LogP contribution >= 0.6 is 0 Å². The van der Waals surface area contributed by atoms with Crippen molar-refractivity contribution >= 4 is 11.7 Å². The van der Waals surface area contributed by atoms with Gasteiger partial charge in [0.15, 0.2) is 5.78 Å². The number of halogens is 1. The number of carbonyl (C=O) groups excluding carboxylic acids is 2. The molecular weight excluding hydrogens is 447 g/mol. The van der Waals surface area contributed by atoms with Crippen molar-refractivity contribution in [2.75, 3.05) is 19.6 Å². The lowest BCUT2D eigenvalue weighted by atomic mass is 9.74. The van der Waals surface area contributed by atoms with Gasteiger partial charge in [0.25, 0.3) is 5.91 Å². The highest BCUT2D eigenvalue weighted by atomic mass is 19.1. The van der Waals surface area contributed by atoms with Crippen molar-refractivity contribution in [3.05, 3.63) is 64.5 Å². The smallest absolute Gasteiger partial charge is 0.251 e. The average Bonchev–Trinajstić information content (AvgIpc) is 3.03. The molecule has 188 valence electrons. The maximum atomic E-state index is 15.6. The number of ketones is 1. The first-order chi connectivity index (χ1) is 16.7. The van der Waals surface area contributed by atoms with Crippen LogP contribution in [0.1, 0.15) is 77.4 Å². The molecule has 2 heterocycles. The Bertz CT molecular complexity index is 1090. The van der Waals surface area contributed by atoms with Gasteiger partial charge in [0, 0.05) is 41.4 Å². The van der Waals surface area contributed by atoms with Crippen molar-refractivity contribution in [2.45, 2.75) is 57.7 Å². The monoisotopic (exact) mass is 482 g/mol. The molecule has 0 aliphatic carbocycles. The molecule has 4 rings (SSSR count). The number of hydrogen-bond acceptors (Lipinski definition) is 6. The Morgan fingerprint density at radius 1 is 1.09 bits per heavy atom. The van der Waals surface area contributed by atoms with Gasteiger partial charge in [-0.15, -0.1) is 0 Å². The van der Waals surface area contributed by atoms with Crippen molar-refractivity contribution in [3.8, 4) is 5.75 Å². The minimum absolute atomic E-state index is 0.134. The number of aromatic hydroxyl groups is 1. The number of rotatable bonds is 5. The van der Waals surface area contributed by atoms with E-state index in [0.717, 1.165) is 38.8 Å². The molecule has 0 radical (unpaired) electrons. The van der Waals surface area contributed by atoms with Crippen LogP contribution in [0.4, 0.5) is 4.39 Å². The van der Waals surface area contributed by atoms with Crippen molar-refractivity contribution in [2.24, 2.45) is 11.1 Å². The minimum atomic E-state index is -0.708. The first-order valence-corrected chi connectivity index (χ1v) is 12.4. The number of benzene rings is 2. The summed E-state index contributed by atoms with van der Waals surface area (Å²) in [5.41, 5.74) is 6.57. The number of nitrogens with one attached hydrogen (secondary N) is 3. The summed E-state index contributed by atoms with van der Waals surface area (Å²) in [6.07, 6.45) is 3.64. The van der Waals surface area contributed by atoms with Crippen LogP contribution in [0.5, 0.6) is 5.75 Å². The molecule has 2 aliphatic heterocycles. The average molecular weight is 483 g/mol. The van der Waals surface area contributed by atoms with Gasteiger partial charge in [-0.25, -0.2) is 4.39 Å². The summed E-state index contributed by atoms with van der Waals surface area (Å²) in [4.78, 5) is 26.0. The van der Waals surface area contributed by atoms with Crippen molar-refractivity contribution in [1.82, 2.24) is 16.0 Å². The standard InChI is InChI=1S/C27H35FN4O3/c1-27(2)12-4-14-31-25(27)18-10-11-21(33)22(23(18)28)24(34)16-6-8-17(9-7-16)26(35)32-20-5-3-13-30-15-19(20)29/h6-11,19-20,25,30-31,33H,3-5,12-15,29H2,1-2H3,(H,32,35)/t19-,20-,25?/m1/s1. The van der Waals surface area contributed by atoms with Gasteiger partial charge in [0.2, 0.25) is 0 Å². The summed E-state index contributed by atoms with van der Waals surface area (Å²) in [6, 6.07) is 8.40. The van der Waals surface area contributed by atoms with E-state index < -0.39 is 17.3 Å². The maximum Gasteiger partial charge on any atom is 0.251 e. The predicted octanol–water partition coefficient (Wildman–Crippen LogP) is 3.02. The van der Waals surface area contributed by atoms with Crippen LogP contribution in [0.25, 0.3) is 0 Å². The summed E-state index contributed by atoms with van der Waals surface area (Å²) in [5.74, 6) is -2.00. The molecule has 1 amide bonds. The second-order valence-electron chi connectivity index (χ2n) is 10.3. The summed E-state index contributed by atoms with van der Waals surface area (Å²) < 4.78 is 15.6. The van der Waals surface area contributed by atoms with E-state index in [1.165, 1.54) is 30.3 Å². The number of hydrogen-bond donors (Lipinski definition) is 5. The molecule has 35 heavy (non-hydrogen) atoms. The van der Waals surface area contributed by atoms with Crippen LogP contribution in [0, 0.1) is 11.2 Å². The molecule has 2 fully saturated rings. The van der Waals surface area contributed by atoms with Crippen molar-refractivity contribution < 1.29 is 19.1 Å². The van der Waals surface area contributed by atoms with Gasteiger partial charge in [0.1, 0.15) is 17.1 Å². The first-order valence-electron chi connectivity index (χ1n) is 12.4. The molecule has 2 saturated heterocycles. The Labute approximate surface area is 205 Å².